The quantitative estimate of drug-likeness (QED) is 0.287. The van der Waals surface area contributed by atoms with Crippen molar-refractivity contribution in [2.24, 2.45) is 5.41 Å². The Kier molecular flexibility index (Phi) is 16.7. The molecule has 31 heavy (non-hydrogen) atoms. The summed E-state index contributed by atoms with van der Waals surface area (Å²) in [5.74, 6) is 20.7. The molecule has 0 aliphatic carbocycles. The third-order valence-corrected chi connectivity index (χ3v) is 3.71. The molecule has 0 aromatic heterocycles. The molecule has 0 aromatic rings. The predicted octanol–water partition coefficient (Wildman–Crippen LogP) is 0.512. The van der Waals surface area contributed by atoms with Gasteiger partial charge in [0.2, 0.25) is 0 Å². The molecule has 5 heteroatoms. The standard InChI is InChI=1S/C26H27NO4/c1-7-15-27(16-8-2)25(12-6)14-13-20-31-24-26(21-28-17-9-3,22-29-18-10-4)23-30-19-11-5/h1-6,25H,15-24H2. The number of hydrogen-bond donors (Lipinski definition) is 0. The van der Waals surface area contributed by atoms with E-state index in [0.29, 0.717) is 13.1 Å². The molecular formula is C26H27NO4. The molecule has 5 nitrogen and oxygen atoms in total. The molecule has 0 N–H and O–H groups in total. The van der Waals surface area contributed by atoms with Crippen LogP contribution in [-0.4, -0.2) is 76.9 Å². The Hall–Kier alpha value is -3.28. The summed E-state index contributed by atoms with van der Waals surface area (Å²) < 4.78 is 22.3. The second kappa shape index (κ2) is 18.7. The lowest BCUT2D eigenvalue weighted by molar-refractivity contribution is -0.0920. The molecular weight excluding hydrogens is 390 g/mol. The summed E-state index contributed by atoms with van der Waals surface area (Å²) in [6, 6.07) is -0.516. The summed E-state index contributed by atoms with van der Waals surface area (Å²) >= 11 is 0. The van der Waals surface area contributed by atoms with Gasteiger partial charge in [0.15, 0.2) is 0 Å². The molecule has 0 radical (unpaired) electrons. The Bertz CT molecular complexity index is 757. The van der Waals surface area contributed by atoms with Gasteiger partial charge in [-0.05, 0) is 0 Å². The summed E-state index contributed by atoms with van der Waals surface area (Å²) in [6.07, 6.45) is 32.1. The minimum atomic E-state index is -0.670. The van der Waals surface area contributed by atoms with Crippen LogP contribution >= 0.6 is 0 Å². The van der Waals surface area contributed by atoms with Gasteiger partial charge in [0.25, 0.3) is 0 Å². The second-order valence-electron chi connectivity index (χ2n) is 6.29. The first kappa shape index (κ1) is 27.7. The van der Waals surface area contributed by atoms with E-state index in [1.165, 1.54) is 0 Å². The van der Waals surface area contributed by atoms with Crippen LogP contribution in [0.2, 0.25) is 0 Å². The van der Waals surface area contributed by atoms with E-state index in [-0.39, 0.29) is 52.9 Å². The van der Waals surface area contributed by atoms with E-state index in [4.69, 9.17) is 57.5 Å². The van der Waals surface area contributed by atoms with Crippen LogP contribution in [-0.2, 0) is 18.9 Å². The average Bonchev–Trinajstić information content (AvgIpc) is 2.77. The fourth-order valence-electron chi connectivity index (χ4n) is 2.40. The molecule has 0 aliphatic rings. The topological polar surface area (TPSA) is 40.2 Å². The van der Waals surface area contributed by atoms with Gasteiger partial charge in [-0.15, -0.1) is 38.5 Å². The smallest absolute Gasteiger partial charge is 0.135 e. The molecule has 160 valence electrons. The van der Waals surface area contributed by atoms with Crippen molar-refractivity contribution >= 4 is 0 Å². The van der Waals surface area contributed by atoms with E-state index in [1.54, 1.807) is 4.90 Å². The van der Waals surface area contributed by atoms with Crippen LogP contribution in [0.5, 0.6) is 0 Å². The molecule has 0 rings (SSSR count). The Balaban J connectivity index is 5.12. The van der Waals surface area contributed by atoms with Crippen LogP contribution in [0.1, 0.15) is 0 Å². The minimum absolute atomic E-state index is 0.110. The summed E-state index contributed by atoms with van der Waals surface area (Å²) in [7, 11) is 0. The van der Waals surface area contributed by atoms with Crippen molar-refractivity contribution in [3.8, 4) is 85.9 Å². The summed E-state index contributed by atoms with van der Waals surface area (Å²) in [5.41, 5.74) is -0.670. The third kappa shape index (κ3) is 12.8. The Morgan fingerprint density at radius 2 is 1.03 bits per heavy atom. The Morgan fingerprint density at radius 3 is 1.39 bits per heavy atom. The summed E-state index contributed by atoms with van der Waals surface area (Å²) in [5, 5.41) is 0. The zero-order chi connectivity index (χ0) is 23.2. The van der Waals surface area contributed by atoms with Crippen molar-refractivity contribution in [2.75, 3.05) is 65.9 Å². The lowest BCUT2D eigenvalue weighted by Crippen LogP contribution is -2.42. The zero-order valence-electron chi connectivity index (χ0n) is 17.7. The maximum Gasteiger partial charge on any atom is 0.135 e. The van der Waals surface area contributed by atoms with Crippen molar-refractivity contribution in [3.05, 3.63) is 0 Å². The van der Waals surface area contributed by atoms with Crippen LogP contribution in [0.3, 0.4) is 0 Å². The lowest BCUT2D eigenvalue weighted by atomic mass is 9.92. The minimum Gasteiger partial charge on any atom is -0.368 e. The van der Waals surface area contributed by atoms with Crippen LogP contribution in [0, 0.1) is 91.3 Å². The molecule has 0 bridgehead atoms. The highest BCUT2D eigenvalue weighted by atomic mass is 16.5. The van der Waals surface area contributed by atoms with Crippen molar-refractivity contribution in [1.82, 2.24) is 4.90 Å². The van der Waals surface area contributed by atoms with Gasteiger partial charge in [0.1, 0.15) is 32.5 Å². The number of rotatable bonds is 15. The van der Waals surface area contributed by atoms with E-state index >= 15 is 0 Å². The zero-order valence-corrected chi connectivity index (χ0v) is 17.7. The molecule has 0 heterocycles. The first-order valence-corrected chi connectivity index (χ1v) is 9.29. The molecule has 0 fully saturated rings. The van der Waals surface area contributed by atoms with Crippen LogP contribution in [0.4, 0.5) is 0 Å². The maximum atomic E-state index is 5.75. The maximum absolute atomic E-state index is 5.75. The molecule has 1 atom stereocenters. The largest absolute Gasteiger partial charge is 0.368 e. The highest BCUT2D eigenvalue weighted by molar-refractivity contribution is 5.22. The molecule has 0 aliphatic heterocycles. The van der Waals surface area contributed by atoms with Crippen molar-refractivity contribution < 1.29 is 18.9 Å². The highest BCUT2D eigenvalue weighted by Gasteiger charge is 2.32. The van der Waals surface area contributed by atoms with E-state index in [0.717, 1.165) is 0 Å². The average molecular weight is 418 g/mol. The van der Waals surface area contributed by atoms with Gasteiger partial charge in [-0.2, -0.15) is 0 Å². The van der Waals surface area contributed by atoms with Gasteiger partial charge in [-0.3, -0.25) is 4.90 Å². The number of nitrogens with zero attached hydrogens (tertiary/aromatic N) is 1. The predicted molar refractivity (Wildman–Crippen MR) is 122 cm³/mol. The van der Waals surface area contributed by atoms with Gasteiger partial charge >= 0.3 is 0 Å². The normalized spacial score (nSPS) is 10.8. The number of terminal acetylenes is 6. The number of hydrogen-bond acceptors (Lipinski definition) is 5. The van der Waals surface area contributed by atoms with Gasteiger partial charge in [-0.1, -0.05) is 47.4 Å². The number of ether oxygens (including phenoxy) is 4. The van der Waals surface area contributed by atoms with Gasteiger partial charge in [0, 0.05) is 0 Å². The van der Waals surface area contributed by atoms with Gasteiger partial charge in [0.05, 0.1) is 44.9 Å². The van der Waals surface area contributed by atoms with Crippen molar-refractivity contribution in [1.29, 1.82) is 0 Å². The first-order chi connectivity index (χ1) is 15.1. The van der Waals surface area contributed by atoms with Crippen LogP contribution in [0.15, 0.2) is 0 Å². The molecule has 0 spiro atoms. The summed E-state index contributed by atoms with van der Waals surface area (Å²) in [6.45, 7) is 1.99. The molecule has 0 saturated carbocycles. The molecule has 0 aromatic carbocycles. The van der Waals surface area contributed by atoms with Gasteiger partial charge in [-0.25, -0.2) is 0 Å². The van der Waals surface area contributed by atoms with Crippen molar-refractivity contribution in [3.63, 3.8) is 0 Å². The fraction of sp³-hybridized carbons (Fsp3) is 0.462. The highest BCUT2D eigenvalue weighted by Crippen LogP contribution is 2.20. The van der Waals surface area contributed by atoms with Crippen LogP contribution in [0.25, 0.3) is 0 Å². The first-order valence-electron chi connectivity index (χ1n) is 9.29. The van der Waals surface area contributed by atoms with E-state index in [9.17, 15) is 0 Å². The van der Waals surface area contributed by atoms with Crippen LogP contribution < -0.4 is 0 Å². The van der Waals surface area contributed by atoms with E-state index < -0.39 is 11.5 Å². The van der Waals surface area contributed by atoms with E-state index in [2.05, 4.69) is 47.4 Å². The Morgan fingerprint density at radius 1 is 0.613 bits per heavy atom. The monoisotopic (exact) mass is 417 g/mol. The summed E-state index contributed by atoms with van der Waals surface area (Å²) in [4.78, 5) is 1.73. The molecule has 1 unspecified atom stereocenters. The molecule has 0 saturated heterocycles. The SMILES string of the molecule is C#CCOCC(COCC#C)(COCC#C)COCC#CC(C#C)N(CC#C)CC#C. The molecule has 0 amide bonds. The van der Waals surface area contributed by atoms with Crippen molar-refractivity contribution in [2.45, 2.75) is 6.04 Å². The third-order valence-electron chi connectivity index (χ3n) is 3.71. The lowest BCUT2D eigenvalue weighted by Gasteiger charge is -2.32. The van der Waals surface area contributed by atoms with E-state index in [1.807, 2.05) is 0 Å². The second-order valence-corrected chi connectivity index (χ2v) is 6.29. The van der Waals surface area contributed by atoms with Gasteiger partial charge < -0.3 is 18.9 Å². The fourth-order valence-corrected chi connectivity index (χ4v) is 2.40. The Labute approximate surface area is 187 Å².